The first-order valence-electron chi connectivity index (χ1n) is 6.67. The third kappa shape index (κ3) is 2.87. The number of benzene rings is 3. The number of carboxylic acids is 1. The number of hydrogen-bond donors (Lipinski definition) is 1. The van der Waals surface area contributed by atoms with Crippen molar-refractivity contribution in [1.82, 2.24) is 0 Å². The lowest BCUT2D eigenvalue weighted by Crippen LogP contribution is -2.18. The Kier molecular flexibility index (Phi) is 3.56. The summed E-state index contributed by atoms with van der Waals surface area (Å²) in [5, 5.41) is 11.5. The van der Waals surface area contributed by atoms with Crippen LogP contribution in [0.2, 0.25) is 0 Å². The van der Waals surface area contributed by atoms with Gasteiger partial charge in [0.1, 0.15) is 5.75 Å². The molecule has 0 saturated carbocycles. The maximum absolute atomic E-state index is 11.4. The third-order valence-electron chi connectivity index (χ3n) is 3.30. The molecular weight excluding hydrogens is 264 g/mol. The molecule has 0 amide bonds. The highest BCUT2D eigenvalue weighted by Crippen LogP contribution is 2.26. The van der Waals surface area contributed by atoms with Crippen LogP contribution >= 0.6 is 0 Å². The first kappa shape index (κ1) is 13.2. The predicted molar refractivity (Wildman–Crippen MR) is 81.4 cm³/mol. The molecule has 0 saturated heterocycles. The molecule has 0 aliphatic rings. The summed E-state index contributed by atoms with van der Waals surface area (Å²) in [6.07, 6.45) is -1.01. The Morgan fingerprint density at radius 2 is 1.52 bits per heavy atom. The minimum atomic E-state index is -1.01. The molecular formula is C18H14O3. The zero-order chi connectivity index (χ0) is 14.7. The van der Waals surface area contributed by atoms with Crippen LogP contribution in [0.4, 0.5) is 0 Å². The van der Waals surface area contributed by atoms with Gasteiger partial charge in [0.15, 0.2) is 0 Å². The lowest BCUT2D eigenvalue weighted by Gasteiger charge is -2.15. The first-order chi connectivity index (χ1) is 10.2. The number of carbonyl (C=O) groups is 1. The minimum absolute atomic E-state index is 0.546. The molecule has 0 aliphatic heterocycles. The van der Waals surface area contributed by atoms with Crippen molar-refractivity contribution in [3.63, 3.8) is 0 Å². The van der Waals surface area contributed by atoms with Crippen molar-refractivity contribution in [3.05, 3.63) is 78.4 Å². The van der Waals surface area contributed by atoms with E-state index < -0.39 is 12.1 Å². The van der Waals surface area contributed by atoms with Gasteiger partial charge in [0.2, 0.25) is 6.10 Å². The molecule has 1 atom stereocenters. The Hall–Kier alpha value is -2.81. The molecule has 3 nitrogen and oxygen atoms in total. The molecule has 0 bridgehead atoms. The predicted octanol–water partition coefficient (Wildman–Crippen LogP) is 4.04. The van der Waals surface area contributed by atoms with Crippen LogP contribution in [0, 0.1) is 0 Å². The Morgan fingerprint density at radius 1 is 0.857 bits per heavy atom. The summed E-state index contributed by atoms with van der Waals surface area (Å²) in [5.74, 6) is -0.459. The fourth-order valence-electron chi connectivity index (χ4n) is 2.27. The van der Waals surface area contributed by atoms with Gasteiger partial charge in [-0.25, -0.2) is 4.79 Å². The molecule has 21 heavy (non-hydrogen) atoms. The van der Waals surface area contributed by atoms with Crippen molar-refractivity contribution in [2.45, 2.75) is 6.10 Å². The van der Waals surface area contributed by atoms with Crippen LogP contribution in [0.1, 0.15) is 11.7 Å². The quantitative estimate of drug-likeness (QED) is 0.783. The van der Waals surface area contributed by atoms with E-state index in [4.69, 9.17) is 4.74 Å². The van der Waals surface area contributed by atoms with E-state index in [1.165, 1.54) is 0 Å². The van der Waals surface area contributed by atoms with Crippen LogP contribution in [0.3, 0.4) is 0 Å². The first-order valence-corrected chi connectivity index (χ1v) is 6.67. The van der Waals surface area contributed by atoms with Gasteiger partial charge in [-0.2, -0.15) is 0 Å². The number of fused-ring (bicyclic) bond motifs is 1. The fourth-order valence-corrected chi connectivity index (χ4v) is 2.27. The molecule has 1 N–H and O–H groups in total. The average Bonchev–Trinajstić information content (AvgIpc) is 2.53. The maximum atomic E-state index is 11.4. The molecule has 0 aromatic heterocycles. The zero-order valence-corrected chi connectivity index (χ0v) is 11.3. The number of ether oxygens (including phenoxy) is 1. The Bertz CT molecular complexity index is 766. The van der Waals surface area contributed by atoms with Gasteiger partial charge in [-0.1, -0.05) is 60.7 Å². The summed E-state index contributed by atoms with van der Waals surface area (Å²) in [6.45, 7) is 0. The van der Waals surface area contributed by atoms with Gasteiger partial charge in [-0.3, -0.25) is 0 Å². The standard InChI is InChI=1S/C18H14O3/c19-18(20)17(14-7-2-1-3-8-14)21-16-11-10-13-6-4-5-9-15(13)12-16/h1-12,17H,(H,19,20)/t17-/m1/s1. The van der Waals surface area contributed by atoms with Gasteiger partial charge in [0.05, 0.1) is 0 Å². The largest absolute Gasteiger partial charge is 0.478 e. The van der Waals surface area contributed by atoms with Crippen LogP contribution in [-0.4, -0.2) is 11.1 Å². The van der Waals surface area contributed by atoms with Crippen molar-refractivity contribution < 1.29 is 14.6 Å². The van der Waals surface area contributed by atoms with Gasteiger partial charge < -0.3 is 9.84 Å². The molecule has 3 rings (SSSR count). The van der Waals surface area contributed by atoms with E-state index in [0.717, 1.165) is 10.8 Å². The maximum Gasteiger partial charge on any atom is 0.349 e. The number of aliphatic carboxylic acids is 1. The second-order valence-electron chi connectivity index (χ2n) is 4.76. The monoisotopic (exact) mass is 278 g/mol. The summed E-state index contributed by atoms with van der Waals surface area (Å²) >= 11 is 0. The van der Waals surface area contributed by atoms with Gasteiger partial charge in [-0.15, -0.1) is 0 Å². The second kappa shape index (κ2) is 5.67. The number of carboxylic acid groups (broad SMARTS) is 1. The average molecular weight is 278 g/mol. The summed E-state index contributed by atoms with van der Waals surface area (Å²) in [4.78, 5) is 11.4. The van der Waals surface area contributed by atoms with Gasteiger partial charge in [0, 0.05) is 5.56 Å². The fraction of sp³-hybridized carbons (Fsp3) is 0.0556. The molecule has 0 aliphatic carbocycles. The Balaban J connectivity index is 1.93. The number of hydrogen-bond acceptors (Lipinski definition) is 2. The van der Waals surface area contributed by atoms with E-state index in [1.54, 1.807) is 30.3 Å². The van der Waals surface area contributed by atoms with Crippen LogP contribution in [0.25, 0.3) is 10.8 Å². The highest BCUT2D eigenvalue weighted by molar-refractivity contribution is 5.84. The smallest absolute Gasteiger partial charge is 0.349 e. The van der Waals surface area contributed by atoms with Gasteiger partial charge >= 0.3 is 5.97 Å². The van der Waals surface area contributed by atoms with E-state index >= 15 is 0 Å². The molecule has 3 aromatic carbocycles. The normalized spacial score (nSPS) is 12.0. The lowest BCUT2D eigenvalue weighted by atomic mass is 10.1. The van der Waals surface area contributed by atoms with E-state index in [9.17, 15) is 9.90 Å². The second-order valence-corrected chi connectivity index (χ2v) is 4.76. The van der Waals surface area contributed by atoms with Crippen molar-refractivity contribution in [2.75, 3.05) is 0 Å². The molecule has 0 spiro atoms. The Morgan fingerprint density at radius 3 is 2.24 bits per heavy atom. The summed E-state index contributed by atoms with van der Waals surface area (Å²) in [7, 11) is 0. The minimum Gasteiger partial charge on any atom is -0.478 e. The van der Waals surface area contributed by atoms with Crippen molar-refractivity contribution in [1.29, 1.82) is 0 Å². The van der Waals surface area contributed by atoms with E-state index in [1.807, 2.05) is 42.5 Å². The van der Waals surface area contributed by atoms with Crippen molar-refractivity contribution in [2.24, 2.45) is 0 Å². The highest BCUT2D eigenvalue weighted by Gasteiger charge is 2.21. The summed E-state index contributed by atoms with van der Waals surface area (Å²) in [6, 6.07) is 22.4. The van der Waals surface area contributed by atoms with Crippen LogP contribution < -0.4 is 4.74 Å². The molecule has 0 fully saturated rings. The zero-order valence-electron chi connectivity index (χ0n) is 11.3. The highest BCUT2D eigenvalue weighted by atomic mass is 16.5. The molecule has 3 aromatic rings. The molecule has 0 heterocycles. The molecule has 0 unspecified atom stereocenters. The van der Waals surface area contributed by atoms with Crippen molar-refractivity contribution >= 4 is 16.7 Å². The van der Waals surface area contributed by atoms with E-state index in [0.29, 0.717) is 11.3 Å². The number of rotatable bonds is 4. The van der Waals surface area contributed by atoms with Gasteiger partial charge in [-0.05, 0) is 22.9 Å². The van der Waals surface area contributed by atoms with E-state index in [2.05, 4.69) is 0 Å². The topological polar surface area (TPSA) is 46.5 Å². The third-order valence-corrected chi connectivity index (χ3v) is 3.30. The van der Waals surface area contributed by atoms with Crippen molar-refractivity contribution in [3.8, 4) is 5.75 Å². The lowest BCUT2D eigenvalue weighted by molar-refractivity contribution is -0.145. The van der Waals surface area contributed by atoms with Crippen LogP contribution in [0.15, 0.2) is 72.8 Å². The van der Waals surface area contributed by atoms with Gasteiger partial charge in [0.25, 0.3) is 0 Å². The molecule has 0 radical (unpaired) electrons. The summed E-state index contributed by atoms with van der Waals surface area (Å²) in [5.41, 5.74) is 0.623. The molecule has 104 valence electrons. The summed E-state index contributed by atoms with van der Waals surface area (Å²) < 4.78 is 5.67. The van der Waals surface area contributed by atoms with Crippen LogP contribution in [0.5, 0.6) is 5.75 Å². The SMILES string of the molecule is O=C(O)[C@H](Oc1ccc2ccccc2c1)c1ccccc1. The Labute approximate surface area is 122 Å². The van der Waals surface area contributed by atoms with E-state index in [-0.39, 0.29) is 0 Å². The van der Waals surface area contributed by atoms with Crippen LogP contribution in [-0.2, 0) is 4.79 Å². The molecule has 3 heteroatoms.